The van der Waals surface area contributed by atoms with Crippen LogP contribution in [0, 0.1) is 0 Å². The Morgan fingerprint density at radius 2 is 1.61 bits per heavy atom. The summed E-state index contributed by atoms with van der Waals surface area (Å²) in [5.74, 6) is -0.168. The van der Waals surface area contributed by atoms with Crippen LogP contribution in [-0.4, -0.2) is 32.2 Å². The average Bonchev–Trinajstić information content (AvgIpc) is 3.38. The Balaban J connectivity index is 1.60. The predicted octanol–water partition coefficient (Wildman–Crippen LogP) is 3.20. The first-order valence-electron chi connectivity index (χ1n) is 8.65. The fourth-order valence-electron chi connectivity index (χ4n) is 2.80. The highest BCUT2D eigenvalue weighted by molar-refractivity contribution is 7.90. The van der Waals surface area contributed by atoms with Crippen LogP contribution in [0.2, 0.25) is 0 Å². The fourth-order valence-corrected chi connectivity index (χ4v) is 5.17. The van der Waals surface area contributed by atoms with Crippen molar-refractivity contribution in [3.05, 3.63) is 74.6 Å². The number of benzene rings is 1. The second kappa shape index (κ2) is 8.57. The lowest BCUT2D eigenvalue weighted by atomic mass is 9.99. The number of thiophene rings is 2. The first-order chi connectivity index (χ1) is 13.3. The summed E-state index contributed by atoms with van der Waals surface area (Å²) < 4.78 is 23.0. The number of aryl methyl sites for hydroxylation is 1. The van der Waals surface area contributed by atoms with E-state index in [1.165, 1.54) is 22.7 Å². The lowest BCUT2D eigenvalue weighted by Crippen LogP contribution is -2.40. The maximum atomic E-state index is 12.3. The molecule has 0 spiro atoms. The van der Waals surface area contributed by atoms with Gasteiger partial charge in [-0.25, -0.2) is 8.42 Å². The van der Waals surface area contributed by atoms with Gasteiger partial charge in [-0.2, -0.15) is 0 Å². The van der Waals surface area contributed by atoms with Gasteiger partial charge in [-0.15, -0.1) is 22.7 Å². The highest BCUT2D eigenvalue weighted by atomic mass is 32.2. The van der Waals surface area contributed by atoms with Crippen molar-refractivity contribution in [2.45, 2.75) is 23.3 Å². The van der Waals surface area contributed by atoms with E-state index in [0.717, 1.165) is 21.6 Å². The molecule has 2 heterocycles. The van der Waals surface area contributed by atoms with Crippen molar-refractivity contribution in [3.63, 3.8) is 0 Å². The van der Waals surface area contributed by atoms with Gasteiger partial charge in [0.25, 0.3) is 0 Å². The third kappa shape index (κ3) is 4.88. The number of nitrogens with one attached hydrogen (secondary N) is 1. The van der Waals surface area contributed by atoms with Crippen LogP contribution in [0.3, 0.4) is 0 Å². The van der Waals surface area contributed by atoms with Gasteiger partial charge in [-0.3, -0.25) is 4.79 Å². The summed E-state index contributed by atoms with van der Waals surface area (Å²) in [6.07, 6.45) is 1.91. The number of hydrogen-bond donors (Lipinski definition) is 2. The summed E-state index contributed by atoms with van der Waals surface area (Å²) in [6.45, 7) is 0.0971. The average molecular weight is 436 g/mol. The molecule has 0 atom stereocenters. The lowest BCUT2D eigenvalue weighted by molar-refractivity contribution is -0.122. The summed E-state index contributed by atoms with van der Waals surface area (Å²) in [7, 11) is -3.22. The molecule has 0 bridgehead atoms. The van der Waals surface area contributed by atoms with Gasteiger partial charge in [-0.05, 0) is 47.0 Å². The van der Waals surface area contributed by atoms with E-state index in [1.54, 1.807) is 24.3 Å². The van der Waals surface area contributed by atoms with Crippen LogP contribution in [0.15, 0.2) is 64.2 Å². The van der Waals surface area contributed by atoms with Gasteiger partial charge in [-0.1, -0.05) is 24.3 Å². The standard InChI is InChI=1S/C20H21NO4S3/c1-28(24,25)16-9-6-15(7-10-16)8-11-19(22)21-14-20(23,17-4-2-12-26-17)18-5-3-13-27-18/h2-7,9-10,12-13,23H,8,11,14H2,1H3,(H,21,22). The van der Waals surface area contributed by atoms with Crippen LogP contribution in [0.25, 0.3) is 0 Å². The second-order valence-corrected chi connectivity index (χ2v) is 10.4. The van der Waals surface area contributed by atoms with Crippen molar-refractivity contribution >= 4 is 38.4 Å². The molecule has 0 fully saturated rings. The highest BCUT2D eigenvalue weighted by Crippen LogP contribution is 2.35. The van der Waals surface area contributed by atoms with Crippen LogP contribution >= 0.6 is 22.7 Å². The highest BCUT2D eigenvalue weighted by Gasteiger charge is 2.34. The number of carbonyl (C=O) groups is 1. The maximum absolute atomic E-state index is 12.3. The molecule has 0 saturated heterocycles. The Morgan fingerprint density at radius 3 is 2.07 bits per heavy atom. The third-order valence-corrected chi connectivity index (χ3v) is 7.56. The van der Waals surface area contributed by atoms with E-state index in [4.69, 9.17) is 0 Å². The quantitative estimate of drug-likeness (QED) is 0.569. The molecular formula is C20H21NO4S3. The Bertz CT molecular complexity index is 974. The number of hydrogen-bond acceptors (Lipinski definition) is 6. The van der Waals surface area contributed by atoms with Crippen LogP contribution in [-0.2, 0) is 26.7 Å². The van der Waals surface area contributed by atoms with Gasteiger partial charge in [0.2, 0.25) is 5.91 Å². The molecular weight excluding hydrogens is 414 g/mol. The maximum Gasteiger partial charge on any atom is 0.220 e. The van der Waals surface area contributed by atoms with Crippen LogP contribution in [0.5, 0.6) is 0 Å². The van der Waals surface area contributed by atoms with Crippen molar-refractivity contribution in [2.75, 3.05) is 12.8 Å². The minimum Gasteiger partial charge on any atom is -0.377 e. The summed E-state index contributed by atoms with van der Waals surface area (Å²) >= 11 is 2.90. The van der Waals surface area contributed by atoms with Crippen molar-refractivity contribution in [2.24, 2.45) is 0 Å². The Morgan fingerprint density at radius 1 is 1.04 bits per heavy atom. The van der Waals surface area contributed by atoms with Gasteiger partial charge in [0.15, 0.2) is 9.84 Å². The molecule has 8 heteroatoms. The molecule has 1 aromatic carbocycles. The molecule has 148 valence electrons. The van der Waals surface area contributed by atoms with E-state index in [-0.39, 0.29) is 23.8 Å². The molecule has 3 aromatic rings. The van der Waals surface area contributed by atoms with E-state index >= 15 is 0 Å². The third-order valence-electron chi connectivity index (χ3n) is 4.39. The number of carbonyl (C=O) groups excluding carboxylic acids is 1. The summed E-state index contributed by atoms with van der Waals surface area (Å²) in [4.78, 5) is 14.1. The first kappa shape index (κ1) is 20.7. The molecule has 0 aliphatic rings. The molecule has 5 nitrogen and oxygen atoms in total. The largest absolute Gasteiger partial charge is 0.377 e. The van der Waals surface area contributed by atoms with Gasteiger partial charge in [0.1, 0.15) is 5.60 Å². The number of sulfone groups is 1. The summed E-state index contributed by atoms with van der Waals surface area (Å²) in [6, 6.07) is 14.0. The zero-order valence-electron chi connectivity index (χ0n) is 15.3. The minimum atomic E-state index is -3.22. The summed E-state index contributed by atoms with van der Waals surface area (Å²) in [5, 5.41) is 17.9. The molecule has 28 heavy (non-hydrogen) atoms. The predicted molar refractivity (Wildman–Crippen MR) is 113 cm³/mol. The number of rotatable bonds is 8. The molecule has 0 radical (unpaired) electrons. The van der Waals surface area contributed by atoms with E-state index < -0.39 is 15.4 Å². The SMILES string of the molecule is CS(=O)(=O)c1ccc(CCC(=O)NCC(O)(c2cccs2)c2cccs2)cc1. The molecule has 3 rings (SSSR count). The molecule has 0 saturated carbocycles. The molecule has 2 aromatic heterocycles. The number of aliphatic hydroxyl groups is 1. The molecule has 0 aliphatic heterocycles. The molecule has 2 N–H and O–H groups in total. The van der Waals surface area contributed by atoms with Gasteiger partial charge in [0.05, 0.1) is 11.4 Å². The fraction of sp³-hybridized carbons (Fsp3) is 0.250. The van der Waals surface area contributed by atoms with E-state index in [2.05, 4.69) is 5.32 Å². The summed E-state index contributed by atoms with van der Waals surface area (Å²) in [5.41, 5.74) is -0.357. The van der Waals surface area contributed by atoms with E-state index in [0.29, 0.717) is 6.42 Å². The normalized spacial score (nSPS) is 12.1. The van der Waals surface area contributed by atoms with Gasteiger partial charge < -0.3 is 10.4 Å². The van der Waals surface area contributed by atoms with Gasteiger partial charge in [0, 0.05) is 22.4 Å². The van der Waals surface area contributed by atoms with Crippen LogP contribution in [0.1, 0.15) is 21.7 Å². The smallest absolute Gasteiger partial charge is 0.220 e. The second-order valence-electron chi connectivity index (χ2n) is 6.51. The van der Waals surface area contributed by atoms with E-state index in [9.17, 15) is 18.3 Å². The minimum absolute atomic E-state index is 0.0971. The Hall–Kier alpha value is -2.00. The zero-order chi connectivity index (χ0) is 20.2. The Kier molecular flexibility index (Phi) is 6.34. The van der Waals surface area contributed by atoms with Crippen molar-refractivity contribution in [3.8, 4) is 0 Å². The van der Waals surface area contributed by atoms with Gasteiger partial charge >= 0.3 is 0 Å². The topological polar surface area (TPSA) is 83.5 Å². The van der Waals surface area contributed by atoms with Crippen LogP contribution < -0.4 is 5.32 Å². The van der Waals surface area contributed by atoms with Crippen LogP contribution in [0.4, 0.5) is 0 Å². The molecule has 1 amide bonds. The molecule has 0 unspecified atom stereocenters. The molecule has 0 aliphatic carbocycles. The Labute approximate surface area is 172 Å². The number of amides is 1. The van der Waals surface area contributed by atoms with Crippen molar-refractivity contribution in [1.29, 1.82) is 0 Å². The monoisotopic (exact) mass is 435 g/mol. The lowest BCUT2D eigenvalue weighted by Gasteiger charge is -2.26. The first-order valence-corrected chi connectivity index (χ1v) is 12.3. The zero-order valence-corrected chi connectivity index (χ0v) is 17.7. The van der Waals surface area contributed by atoms with Crippen molar-refractivity contribution < 1.29 is 18.3 Å². The van der Waals surface area contributed by atoms with E-state index in [1.807, 2.05) is 35.0 Å². The van der Waals surface area contributed by atoms with Crippen molar-refractivity contribution in [1.82, 2.24) is 5.32 Å².